The van der Waals surface area contributed by atoms with E-state index in [1.165, 1.54) is 4.90 Å². The first-order valence-electron chi connectivity index (χ1n) is 4.84. The van der Waals surface area contributed by atoms with Crippen LogP contribution in [0.2, 0.25) is 0 Å². The van der Waals surface area contributed by atoms with Crippen LogP contribution < -0.4 is 0 Å². The molecule has 0 spiro atoms. The lowest BCUT2D eigenvalue weighted by Gasteiger charge is -2.13. The van der Waals surface area contributed by atoms with Gasteiger partial charge in [0.2, 0.25) is 11.8 Å². The van der Waals surface area contributed by atoms with Crippen LogP contribution in [-0.4, -0.2) is 23.3 Å². The molecule has 1 aliphatic rings. The predicted octanol–water partition coefficient (Wildman–Crippen LogP) is 1.39. The third-order valence-corrected chi connectivity index (χ3v) is 2.32. The van der Waals surface area contributed by atoms with E-state index in [0.29, 0.717) is 13.0 Å². The van der Waals surface area contributed by atoms with Crippen LogP contribution in [0, 0.1) is 12.8 Å². The summed E-state index contributed by atoms with van der Waals surface area (Å²) in [6.07, 6.45) is 3.38. The second-order valence-electron chi connectivity index (χ2n) is 3.49. The lowest BCUT2D eigenvalue weighted by molar-refractivity contribution is -0.139. The van der Waals surface area contributed by atoms with Crippen LogP contribution in [0.1, 0.15) is 32.6 Å². The number of likely N-dealkylation sites (tertiary alicyclic amines) is 1. The van der Waals surface area contributed by atoms with Crippen molar-refractivity contribution in [2.24, 2.45) is 5.92 Å². The van der Waals surface area contributed by atoms with Crippen molar-refractivity contribution in [1.82, 2.24) is 4.90 Å². The van der Waals surface area contributed by atoms with Crippen LogP contribution in [0.25, 0.3) is 0 Å². The molecule has 0 saturated carbocycles. The Bertz CT molecular complexity index is 213. The molecule has 0 aliphatic carbocycles. The predicted molar refractivity (Wildman–Crippen MR) is 49.7 cm³/mol. The van der Waals surface area contributed by atoms with Crippen molar-refractivity contribution in [2.75, 3.05) is 6.54 Å². The first kappa shape index (κ1) is 10.2. The van der Waals surface area contributed by atoms with Gasteiger partial charge in [-0.25, -0.2) is 0 Å². The van der Waals surface area contributed by atoms with Crippen LogP contribution in [-0.2, 0) is 9.59 Å². The maximum atomic E-state index is 11.4. The Labute approximate surface area is 79.1 Å². The van der Waals surface area contributed by atoms with Gasteiger partial charge in [-0.15, -0.1) is 0 Å². The molecule has 3 nitrogen and oxygen atoms in total. The van der Waals surface area contributed by atoms with Gasteiger partial charge in [0.25, 0.3) is 0 Å². The van der Waals surface area contributed by atoms with E-state index in [2.05, 4.69) is 13.8 Å². The second kappa shape index (κ2) is 4.40. The van der Waals surface area contributed by atoms with Gasteiger partial charge in [-0.05, 0) is 13.3 Å². The number of unbranched alkanes of at least 4 members (excludes halogenated alkanes) is 2. The molecule has 1 saturated heterocycles. The highest BCUT2D eigenvalue weighted by Crippen LogP contribution is 2.18. The smallest absolute Gasteiger partial charge is 0.232 e. The molecule has 1 heterocycles. The summed E-state index contributed by atoms with van der Waals surface area (Å²) in [5.41, 5.74) is 0. The van der Waals surface area contributed by atoms with Gasteiger partial charge in [-0.3, -0.25) is 14.5 Å². The lowest BCUT2D eigenvalue weighted by Crippen LogP contribution is -2.31. The Morgan fingerprint density at radius 2 is 2.15 bits per heavy atom. The maximum Gasteiger partial charge on any atom is 0.232 e. The van der Waals surface area contributed by atoms with Gasteiger partial charge >= 0.3 is 0 Å². The van der Waals surface area contributed by atoms with E-state index >= 15 is 0 Å². The van der Waals surface area contributed by atoms with Crippen LogP contribution in [0.4, 0.5) is 0 Å². The summed E-state index contributed by atoms with van der Waals surface area (Å²) in [7, 11) is 0. The Hall–Kier alpha value is -0.860. The standard InChI is InChI=1S/C10H16NO2/c1-3-4-5-6-11-9(12)7-8(2)10(11)13/h8H,2-7H2,1H3. The number of carbonyl (C=O) groups excluding carboxylic acids is 2. The van der Waals surface area contributed by atoms with E-state index in [9.17, 15) is 9.59 Å². The summed E-state index contributed by atoms with van der Waals surface area (Å²) in [5.74, 6) is -0.490. The summed E-state index contributed by atoms with van der Waals surface area (Å²) in [4.78, 5) is 24.0. The summed E-state index contributed by atoms with van der Waals surface area (Å²) in [5, 5.41) is 0. The minimum absolute atomic E-state index is 0.0545. The minimum atomic E-state index is -0.339. The minimum Gasteiger partial charge on any atom is -0.282 e. The van der Waals surface area contributed by atoms with E-state index in [1.54, 1.807) is 0 Å². The Balaban J connectivity index is 2.40. The fourth-order valence-corrected chi connectivity index (χ4v) is 1.51. The van der Waals surface area contributed by atoms with Crippen LogP contribution >= 0.6 is 0 Å². The fourth-order valence-electron chi connectivity index (χ4n) is 1.51. The summed E-state index contributed by atoms with van der Waals surface area (Å²) in [6, 6.07) is 0. The van der Waals surface area contributed by atoms with Crippen molar-refractivity contribution in [2.45, 2.75) is 32.6 Å². The van der Waals surface area contributed by atoms with E-state index < -0.39 is 0 Å². The molecule has 0 aromatic carbocycles. The SMILES string of the molecule is [CH2]C1CC(=O)N(CCCCC)C1=O. The number of hydrogen-bond donors (Lipinski definition) is 0. The largest absolute Gasteiger partial charge is 0.282 e. The summed E-state index contributed by atoms with van der Waals surface area (Å²) >= 11 is 0. The molecule has 0 N–H and O–H groups in total. The van der Waals surface area contributed by atoms with Gasteiger partial charge in [0.1, 0.15) is 0 Å². The van der Waals surface area contributed by atoms with Gasteiger partial charge in [0.15, 0.2) is 0 Å². The normalized spacial score (nSPS) is 22.9. The van der Waals surface area contributed by atoms with Gasteiger partial charge < -0.3 is 0 Å². The van der Waals surface area contributed by atoms with E-state index in [0.717, 1.165) is 19.3 Å². The number of amides is 2. The topological polar surface area (TPSA) is 37.4 Å². The molecule has 1 rings (SSSR count). The Morgan fingerprint density at radius 3 is 2.62 bits per heavy atom. The van der Waals surface area contributed by atoms with E-state index in [-0.39, 0.29) is 17.7 Å². The summed E-state index contributed by atoms with van der Waals surface area (Å²) < 4.78 is 0. The molecular formula is C10H16NO2. The van der Waals surface area contributed by atoms with Crippen LogP contribution in [0.5, 0.6) is 0 Å². The quantitative estimate of drug-likeness (QED) is 0.486. The number of hydrogen-bond acceptors (Lipinski definition) is 2. The van der Waals surface area contributed by atoms with E-state index in [1.807, 2.05) is 0 Å². The molecule has 1 unspecified atom stereocenters. The fraction of sp³-hybridized carbons (Fsp3) is 0.700. The first-order chi connectivity index (χ1) is 6.16. The van der Waals surface area contributed by atoms with Gasteiger partial charge in [0, 0.05) is 18.9 Å². The third kappa shape index (κ3) is 2.29. The van der Waals surface area contributed by atoms with Crippen molar-refractivity contribution in [1.29, 1.82) is 0 Å². The monoisotopic (exact) mass is 182 g/mol. The molecule has 0 aromatic rings. The number of imide groups is 1. The maximum absolute atomic E-state index is 11.4. The molecule has 1 radical (unpaired) electrons. The molecule has 73 valence electrons. The van der Waals surface area contributed by atoms with Crippen molar-refractivity contribution >= 4 is 11.8 Å². The van der Waals surface area contributed by atoms with Gasteiger partial charge in [0.05, 0.1) is 0 Å². The third-order valence-electron chi connectivity index (χ3n) is 2.32. The highest BCUT2D eigenvalue weighted by atomic mass is 16.2. The zero-order valence-electron chi connectivity index (χ0n) is 8.08. The molecule has 3 heteroatoms. The zero-order chi connectivity index (χ0) is 9.84. The highest BCUT2D eigenvalue weighted by molar-refractivity contribution is 6.03. The molecule has 13 heavy (non-hydrogen) atoms. The second-order valence-corrected chi connectivity index (χ2v) is 3.49. The molecule has 0 aromatic heterocycles. The van der Waals surface area contributed by atoms with E-state index in [4.69, 9.17) is 0 Å². The number of carbonyl (C=O) groups is 2. The molecular weight excluding hydrogens is 166 g/mol. The van der Waals surface area contributed by atoms with Crippen LogP contribution in [0.3, 0.4) is 0 Å². The van der Waals surface area contributed by atoms with Crippen molar-refractivity contribution in [3.05, 3.63) is 6.92 Å². The molecule has 1 aliphatic heterocycles. The number of rotatable bonds is 4. The Kier molecular flexibility index (Phi) is 3.46. The Morgan fingerprint density at radius 1 is 1.46 bits per heavy atom. The summed E-state index contributed by atoms with van der Waals surface area (Å²) in [6.45, 7) is 6.31. The number of nitrogens with zero attached hydrogens (tertiary/aromatic N) is 1. The molecule has 2 amide bonds. The van der Waals surface area contributed by atoms with Crippen LogP contribution in [0.15, 0.2) is 0 Å². The molecule has 0 bridgehead atoms. The van der Waals surface area contributed by atoms with Gasteiger partial charge in [-0.1, -0.05) is 19.8 Å². The average Bonchev–Trinajstić information content (AvgIpc) is 2.32. The van der Waals surface area contributed by atoms with Crippen molar-refractivity contribution in [3.8, 4) is 0 Å². The van der Waals surface area contributed by atoms with Crippen molar-refractivity contribution in [3.63, 3.8) is 0 Å². The highest BCUT2D eigenvalue weighted by Gasteiger charge is 2.34. The molecule has 1 fully saturated rings. The van der Waals surface area contributed by atoms with Crippen molar-refractivity contribution < 1.29 is 9.59 Å². The van der Waals surface area contributed by atoms with Gasteiger partial charge in [-0.2, -0.15) is 0 Å². The average molecular weight is 182 g/mol. The molecule has 1 atom stereocenters. The first-order valence-corrected chi connectivity index (χ1v) is 4.84. The lowest BCUT2D eigenvalue weighted by atomic mass is 10.1. The zero-order valence-corrected chi connectivity index (χ0v) is 8.08.